The van der Waals surface area contributed by atoms with Crippen LogP contribution < -0.4 is 14.8 Å². The molecule has 6 heteroatoms. The van der Waals surface area contributed by atoms with Crippen LogP contribution in [0.15, 0.2) is 42.5 Å². The molecule has 0 heterocycles. The third-order valence-corrected chi connectivity index (χ3v) is 4.84. The largest absolute Gasteiger partial charge is 0.493 e. The predicted octanol–water partition coefficient (Wildman–Crippen LogP) is 3.69. The Kier molecular flexibility index (Phi) is 8.52. The van der Waals surface area contributed by atoms with Crippen molar-refractivity contribution in [3.05, 3.63) is 53.6 Å². The first-order chi connectivity index (χ1) is 14.0. The molecule has 0 aliphatic rings. The van der Waals surface area contributed by atoms with Gasteiger partial charge in [-0.1, -0.05) is 31.2 Å². The van der Waals surface area contributed by atoms with E-state index in [2.05, 4.69) is 12.2 Å². The molecule has 0 unspecified atom stereocenters. The van der Waals surface area contributed by atoms with Crippen molar-refractivity contribution in [2.45, 2.75) is 33.1 Å². The van der Waals surface area contributed by atoms with E-state index in [9.17, 15) is 9.59 Å². The van der Waals surface area contributed by atoms with E-state index >= 15 is 0 Å². The molecule has 0 atom stereocenters. The molecule has 0 fully saturated rings. The highest BCUT2D eigenvalue weighted by Crippen LogP contribution is 2.27. The second-order valence-electron chi connectivity index (χ2n) is 6.75. The molecule has 6 nitrogen and oxygen atoms in total. The number of nitrogens with one attached hydrogen (secondary N) is 1. The molecule has 0 spiro atoms. The topological polar surface area (TPSA) is 67.9 Å². The van der Waals surface area contributed by atoms with E-state index in [0.717, 1.165) is 23.2 Å². The van der Waals surface area contributed by atoms with E-state index < -0.39 is 0 Å². The normalized spacial score (nSPS) is 10.3. The summed E-state index contributed by atoms with van der Waals surface area (Å²) in [4.78, 5) is 26.1. The summed E-state index contributed by atoms with van der Waals surface area (Å²) in [5.41, 5.74) is 2.97. The van der Waals surface area contributed by atoms with Crippen LogP contribution in [-0.4, -0.2) is 44.0 Å². The molecule has 0 bridgehead atoms. The lowest BCUT2D eigenvalue weighted by Crippen LogP contribution is -2.33. The van der Waals surface area contributed by atoms with Gasteiger partial charge in [-0.25, -0.2) is 0 Å². The number of nitrogens with zero attached hydrogens (tertiary/aromatic N) is 1. The fourth-order valence-corrected chi connectivity index (χ4v) is 3.13. The summed E-state index contributed by atoms with van der Waals surface area (Å²) < 4.78 is 10.6. The van der Waals surface area contributed by atoms with E-state index in [1.165, 1.54) is 6.92 Å². The Hall–Kier alpha value is -3.02. The Labute approximate surface area is 172 Å². The molecule has 1 N–H and O–H groups in total. The molecule has 2 rings (SSSR count). The lowest BCUT2D eigenvalue weighted by atomic mass is 10.1. The Bertz CT molecular complexity index is 835. The summed E-state index contributed by atoms with van der Waals surface area (Å²) in [6.45, 7) is 4.49. The third-order valence-electron chi connectivity index (χ3n) is 4.84. The Balaban J connectivity index is 1.91. The monoisotopic (exact) mass is 398 g/mol. The number of benzene rings is 2. The molecule has 0 saturated carbocycles. The van der Waals surface area contributed by atoms with Gasteiger partial charge in [0, 0.05) is 32.1 Å². The molecule has 0 aliphatic carbocycles. The number of para-hydroxylation sites is 1. The average molecular weight is 399 g/mol. The number of aryl methyl sites for hydroxylation is 1. The minimum absolute atomic E-state index is 0.0489. The predicted molar refractivity (Wildman–Crippen MR) is 115 cm³/mol. The highest BCUT2D eigenvalue weighted by Gasteiger charge is 2.13. The van der Waals surface area contributed by atoms with Crippen LogP contribution in [0.4, 0.5) is 5.69 Å². The lowest BCUT2D eigenvalue weighted by molar-refractivity contribution is -0.129. The van der Waals surface area contributed by atoms with Gasteiger partial charge in [0.25, 0.3) is 0 Å². The molecular formula is C23H30N2O4. The zero-order valence-electron chi connectivity index (χ0n) is 17.7. The van der Waals surface area contributed by atoms with Crippen LogP contribution in [0.1, 0.15) is 31.4 Å². The van der Waals surface area contributed by atoms with Crippen molar-refractivity contribution in [2.24, 2.45) is 0 Å². The highest BCUT2D eigenvalue weighted by atomic mass is 16.5. The molecule has 2 amide bonds. The number of carbonyl (C=O) groups is 2. The number of ether oxygens (including phenoxy) is 2. The molecule has 0 aromatic heterocycles. The number of hydrogen-bond donors (Lipinski definition) is 1. The van der Waals surface area contributed by atoms with Crippen LogP contribution in [0.2, 0.25) is 0 Å². The van der Waals surface area contributed by atoms with Crippen LogP contribution in [0.5, 0.6) is 11.5 Å². The number of rotatable bonds is 10. The van der Waals surface area contributed by atoms with Gasteiger partial charge >= 0.3 is 0 Å². The Morgan fingerprint density at radius 3 is 2.38 bits per heavy atom. The maximum Gasteiger partial charge on any atom is 0.226 e. The molecular weight excluding hydrogens is 368 g/mol. The minimum atomic E-state index is -0.0942. The second-order valence-corrected chi connectivity index (χ2v) is 6.75. The first-order valence-electron chi connectivity index (χ1n) is 9.82. The number of methoxy groups -OCH3 is 2. The van der Waals surface area contributed by atoms with Gasteiger partial charge in [0.1, 0.15) is 0 Å². The fourth-order valence-electron chi connectivity index (χ4n) is 3.13. The van der Waals surface area contributed by atoms with Gasteiger partial charge in [0.05, 0.1) is 14.2 Å². The maximum atomic E-state index is 12.4. The van der Waals surface area contributed by atoms with Crippen molar-refractivity contribution >= 4 is 17.5 Å². The van der Waals surface area contributed by atoms with E-state index in [4.69, 9.17) is 9.47 Å². The minimum Gasteiger partial charge on any atom is -0.493 e. The first-order valence-corrected chi connectivity index (χ1v) is 9.82. The zero-order valence-corrected chi connectivity index (χ0v) is 17.7. The third kappa shape index (κ3) is 6.52. The van der Waals surface area contributed by atoms with Crippen molar-refractivity contribution in [3.8, 4) is 11.5 Å². The van der Waals surface area contributed by atoms with Gasteiger partial charge in [-0.2, -0.15) is 0 Å². The first kappa shape index (κ1) is 22.3. The van der Waals surface area contributed by atoms with Gasteiger partial charge in [0.15, 0.2) is 11.5 Å². The van der Waals surface area contributed by atoms with Crippen molar-refractivity contribution < 1.29 is 19.1 Å². The van der Waals surface area contributed by atoms with Crippen molar-refractivity contribution in [3.63, 3.8) is 0 Å². The van der Waals surface area contributed by atoms with Crippen molar-refractivity contribution in [1.82, 2.24) is 4.90 Å². The van der Waals surface area contributed by atoms with Crippen LogP contribution in [0.3, 0.4) is 0 Å². The summed E-state index contributed by atoms with van der Waals surface area (Å²) >= 11 is 0. The van der Waals surface area contributed by atoms with Crippen LogP contribution >= 0.6 is 0 Å². The molecule has 2 aromatic rings. The molecule has 2 aromatic carbocycles. The number of carbonyl (C=O) groups excluding carboxylic acids is 2. The molecule has 29 heavy (non-hydrogen) atoms. The van der Waals surface area contributed by atoms with Crippen molar-refractivity contribution in [1.29, 1.82) is 0 Å². The SMILES string of the molecule is CCc1ccccc1NC(=O)CCN(CCc1ccc(OC)c(OC)c1)C(C)=O. The van der Waals surface area contributed by atoms with Crippen LogP contribution in [0, 0.1) is 0 Å². The lowest BCUT2D eigenvalue weighted by Gasteiger charge is -2.21. The zero-order chi connectivity index (χ0) is 21.2. The molecule has 0 radical (unpaired) electrons. The summed E-state index contributed by atoms with van der Waals surface area (Å²) in [5.74, 6) is 1.19. The van der Waals surface area contributed by atoms with E-state index in [1.807, 2.05) is 42.5 Å². The van der Waals surface area contributed by atoms with Gasteiger partial charge in [-0.15, -0.1) is 0 Å². The van der Waals surface area contributed by atoms with Crippen LogP contribution in [-0.2, 0) is 22.4 Å². The maximum absolute atomic E-state index is 12.4. The molecule has 0 aliphatic heterocycles. The van der Waals surface area contributed by atoms with Gasteiger partial charge in [0.2, 0.25) is 11.8 Å². The van der Waals surface area contributed by atoms with Gasteiger partial charge in [-0.3, -0.25) is 9.59 Å². The quantitative estimate of drug-likeness (QED) is 0.663. The van der Waals surface area contributed by atoms with E-state index in [-0.39, 0.29) is 18.2 Å². The highest BCUT2D eigenvalue weighted by molar-refractivity contribution is 5.91. The number of amides is 2. The second kappa shape index (κ2) is 11.1. The molecule has 0 saturated heterocycles. The molecule has 156 valence electrons. The summed E-state index contributed by atoms with van der Waals surface area (Å²) in [5, 5.41) is 2.95. The van der Waals surface area contributed by atoms with Gasteiger partial charge in [-0.05, 0) is 42.2 Å². The smallest absolute Gasteiger partial charge is 0.226 e. The summed E-state index contributed by atoms with van der Waals surface area (Å²) in [6.07, 6.45) is 1.77. The van der Waals surface area contributed by atoms with Gasteiger partial charge < -0.3 is 19.7 Å². The Morgan fingerprint density at radius 1 is 1.00 bits per heavy atom. The van der Waals surface area contributed by atoms with Crippen molar-refractivity contribution in [2.75, 3.05) is 32.6 Å². The fraction of sp³-hybridized carbons (Fsp3) is 0.391. The average Bonchev–Trinajstić information content (AvgIpc) is 2.73. The standard InChI is InChI=1S/C23H30N2O4/c1-5-19-8-6-7-9-20(19)24-23(27)13-15-25(17(2)26)14-12-18-10-11-21(28-3)22(16-18)29-4/h6-11,16H,5,12-15H2,1-4H3,(H,24,27). The Morgan fingerprint density at radius 2 is 1.72 bits per heavy atom. The van der Waals surface area contributed by atoms with E-state index in [0.29, 0.717) is 31.0 Å². The summed E-state index contributed by atoms with van der Waals surface area (Å²) in [7, 11) is 3.19. The number of anilines is 1. The number of hydrogen-bond acceptors (Lipinski definition) is 4. The van der Waals surface area contributed by atoms with E-state index in [1.54, 1.807) is 19.1 Å². The van der Waals surface area contributed by atoms with Crippen LogP contribution in [0.25, 0.3) is 0 Å². The summed E-state index contributed by atoms with van der Waals surface area (Å²) in [6, 6.07) is 13.5.